The van der Waals surface area contributed by atoms with Gasteiger partial charge in [-0.05, 0) is 31.5 Å². The second-order valence-electron chi connectivity index (χ2n) is 4.59. The number of aliphatic hydroxyl groups is 1. The highest BCUT2D eigenvalue weighted by Gasteiger charge is 2.56. The number of benzene rings is 1. The van der Waals surface area contributed by atoms with Crippen LogP contribution in [0.3, 0.4) is 0 Å². The van der Waals surface area contributed by atoms with Crippen molar-refractivity contribution in [3.63, 3.8) is 0 Å². The van der Waals surface area contributed by atoms with Gasteiger partial charge in [-0.25, -0.2) is 4.79 Å². The highest BCUT2D eigenvalue weighted by molar-refractivity contribution is 5.79. The first-order chi connectivity index (χ1) is 9.24. The first-order valence-electron chi connectivity index (χ1n) is 6.15. The van der Waals surface area contributed by atoms with Crippen LogP contribution in [0.1, 0.15) is 19.4 Å². The van der Waals surface area contributed by atoms with E-state index in [2.05, 4.69) is 4.74 Å². The summed E-state index contributed by atoms with van der Waals surface area (Å²) in [5.74, 6) is -5.13. The lowest BCUT2D eigenvalue weighted by molar-refractivity contribution is -0.208. The third-order valence-corrected chi connectivity index (χ3v) is 2.92. The molecule has 0 amide bonds. The Morgan fingerprint density at radius 3 is 2.30 bits per heavy atom. The molecule has 112 valence electrons. The van der Waals surface area contributed by atoms with E-state index in [1.807, 2.05) is 0 Å². The summed E-state index contributed by atoms with van der Waals surface area (Å²) in [6.07, 6.45) is -0.386. The Labute approximate surface area is 116 Å². The normalized spacial score (nSPS) is 14.5. The van der Waals surface area contributed by atoms with Crippen molar-refractivity contribution in [3.8, 4) is 5.75 Å². The van der Waals surface area contributed by atoms with Crippen molar-refractivity contribution in [1.29, 1.82) is 0 Å². The molecule has 0 aliphatic rings. The van der Waals surface area contributed by atoms with Gasteiger partial charge in [0.2, 0.25) is 0 Å². The van der Waals surface area contributed by atoms with Crippen LogP contribution in [0.15, 0.2) is 24.3 Å². The third kappa shape index (κ3) is 3.45. The molecule has 0 aliphatic heterocycles. The van der Waals surface area contributed by atoms with Crippen molar-refractivity contribution < 1.29 is 28.2 Å². The fourth-order valence-corrected chi connectivity index (χ4v) is 1.69. The fourth-order valence-electron chi connectivity index (χ4n) is 1.69. The molecular formula is C14H18F2O4. The number of rotatable bonds is 6. The minimum Gasteiger partial charge on any atom is -0.497 e. The number of hydrogen-bond acceptors (Lipinski definition) is 4. The van der Waals surface area contributed by atoms with E-state index in [0.29, 0.717) is 11.3 Å². The molecule has 1 N–H and O–H groups in total. The van der Waals surface area contributed by atoms with Crippen LogP contribution >= 0.6 is 0 Å². The number of esters is 1. The number of carbonyl (C=O) groups excluding carboxylic acids is 1. The van der Waals surface area contributed by atoms with Gasteiger partial charge < -0.3 is 14.6 Å². The van der Waals surface area contributed by atoms with E-state index >= 15 is 0 Å². The van der Waals surface area contributed by atoms with Crippen LogP contribution < -0.4 is 4.74 Å². The lowest BCUT2D eigenvalue weighted by atomic mass is 9.90. The zero-order valence-electron chi connectivity index (χ0n) is 11.7. The number of ether oxygens (including phenoxy) is 2. The number of methoxy groups -OCH3 is 1. The molecule has 0 aromatic heterocycles. The smallest absolute Gasteiger partial charge is 0.380 e. The zero-order valence-corrected chi connectivity index (χ0v) is 11.7. The maximum atomic E-state index is 13.9. The number of carbonyl (C=O) groups is 1. The molecular weight excluding hydrogens is 270 g/mol. The van der Waals surface area contributed by atoms with E-state index in [0.717, 1.165) is 6.92 Å². The van der Waals surface area contributed by atoms with Crippen LogP contribution in [0, 0.1) is 0 Å². The molecule has 20 heavy (non-hydrogen) atoms. The second kappa shape index (κ2) is 6.17. The minimum atomic E-state index is -3.98. The molecule has 1 rings (SSSR count). The molecule has 0 saturated heterocycles. The Kier molecular flexibility index (Phi) is 5.05. The average Bonchev–Trinajstić information content (AvgIpc) is 2.39. The summed E-state index contributed by atoms with van der Waals surface area (Å²) in [5, 5.41) is 9.94. The number of alkyl halides is 2. The largest absolute Gasteiger partial charge is 0.497 e. The van der Waals surface area contributed by atoms with Crippen LogP contribution in [0.2, 0.25) is 0 Å². The number of halogens is 2. The molecule has 1 aromatic carbocycles. The van der Waals surface area contributed by atoms with Gasteiger partial charge in [-0.15, -0.1) is 0 Å². The fraction of sp³-hybridized carbons (Fsp3) is 0.500. The van der Waals surface area contributed by atoms with Crippen molar-refractivity contribution in [2.24, 2.45) is 0 Å². The summed E-state index contributed by atoms with van der Waals surface area (Å²) in [6.45, 7) is 2.16. The number of hydrogen-bond donors (Lipinski definition) is 1. The van der Waals surface area contributed by atoms with E-state index in [4.69, 9.17) is 4.74 Å². The van der Waals surface area contributed by atoms with Gasteiger partial charge in [0, 0.05) is 6.42 Å². The van der Waals surface area contributed by atoms with Crippen LogP contribution in [-0.2, 0) is 16.0 Å². The summed E-state index contributed by atoms with van der Waals surface area (Å²) in [7, 11) is 1.49. The van der Waals surface area contributed by atoms with Gasteiger partial charge in [-0.2, -0.15) is 8.78 Å². The van der Waals surface area contributed by atoms with E-state index in [-0.39, 0.29) is 13.0 Å². The van der Waals surface area contributed by atoms with Crippen molar-refractivity contribution in [1.82, 2.24) is 0 Å². The molecule has 0 aliphatic carbocycles. The monoisotopic (exact) mass is 288 g/mol. The molecule has 1 unspecified atom stereocenters. The molecule has 0 spiro atoms. The lowest BCUT2D eigenvalue weighted by Gasteiger charge is -2.30. The second-order valence-corrected chi connectivity index (χ2v) is 4.59. The van der Waals surface area contributed by atoms with Gasteiger partial charge in [0.25, 0.3) is 0 Å². The maximum Gasteiger partial charge on any atom is 0.380 e. The summed E-state index contributed by atoms with van der Waals surface area (Å²) in [6, 6.07) is 6.28. The van der Waals surface area contributed by atoms with Crippen LogP contribution in [-0.4, -0.2) is 36.3 Å². The van der Waals surface area contributed by atoms with Crippen molar-refractivity contribution in [2.75, 3.05) is 13.7 Å². The highest BCUT2D eigenvalue weighted by atomic mass is 19.3. The molecule has 0 radical (unpaired) electrons. The average molecular weight is 288 g/mol. The standard InChI is InChI=1S/C14H18F2O4/c1-4-20-12(17)14(15,16)13(2,18)9-10-5-7-11(19-3)8-6-10/h5-8,18H,4,9H2,1-3H3. The first kappa shape index (κ1) is 16.4. The molecule has 0 saturated carbocycles. The molecule has 4 nitrogen and oxygen atoms in total. The van der Waals surface area contributed by atoms with Gasteiger partial charge >= 0.3 is 11.9 Å². The van der Waals surface area contributed by atoms with Crippen LogP contribution in [0.25, 0.3) is 0 Å². The summed E-state index contributed by atoms with van der Waals surface area (Å²) >= 11 is 0. The Balaban J connectivity index is 2.89. The molecule has 0 fully saturated rings. The highest BCUT2D eigenvalue weighted by Crippen LogP contribution is 2.33. The quantitative estimate of drug-likeness (QED) is 0.815. The van der Waals surface area contributed by atoms with E-state index < -0.39 is 17.5 Å². The molecule has 6 heteroatoms. The predicted molar refractivity (Wildman–Crippen MR) is 68.9 cm³/mol. The third-order valence-electron chi connectivity index (χ3n) is 2.92. The van der Waals surface area contributed by atoms with Gasteiger partial charge in [0.05, 0.1) is 13.7 Å². The van der Waals surface area contributed by atoms with E-state index in [9.17, 15) is 18.7 Å². The molecule has 0 bridgehead atoms. The topological polar surface area (TPSA) is 55.8 Å². The minimum absolute atomic E-state index is 0.174. The summed E-state index contributed by atoms with van der Waals surface area (Å²) in [5.41, 5.74) is -2.08. The summed E-state index contributed by atoms with van der Waals surface area (Å²) in [4.78, 5) is 11.2. The Hall–Kier alpha value is -1.69. The van der Waals surface area contributed by atoms with Gasteiger partial charge in [0.15, 0.2) is 0 Å². The molecule has 1 aromatic rings. The van der Waals surface area contributed by atoms with Gasteiger partial charge in [-0.1, -0.05) is 12.1 Å². The summed E-state index contributed by atoms with van der Waals surface area (Å²) < 4.78 is 37.0. The Morgan fingerprint density at radius 1 is 1.30 bits per heavy atom. The van der Waals surface area contributed by atoms with Crippen LogP contribution in [0.4, 0.5) is 8.78 Å². The predicted octanol–water partition coefficient (Wildman–Crippen LogP) is 2.19. The molecule has 1 atom stereocenters. The maximum absolute atomic E-state index is 13.9. The SMILES string of the molecule is CCOC(=O)C(F)(F)C(C)(O)Cc1ccc(OC)cc1. The van der Waals surface area contributed by atoms with Crippen molar-refractivity contribution in [3.05, 3.63) is 29.8 Å². The van der Waals surface area contributed by atoms with Crippen molar-refractivity contribution >= 4 is 5.97 Å². The van der Waals surface area contributed by atoms with Crippen LogP contribution in [0.5, 0.6) is 5.75 Å². The first-order valence-corrected chi connectivity index (χ1v) is 6.15. The lowest BCUT2D eigenvalue weighted by Crippen LogP contribution is -2.53. The van der Waals surface area contributed by atoms with E-state index in [1.165, 1.54) is 14.0 Å². The van der Waals surface area contributed by atoms with Crippen molar-refractivity contribution in [2.45, 2.75) is 31.8 Å². The van der Waals surface area contributed by atoms with Gasteiger partial charge in [-0.3, -0.25) is 0 Å². The molecule has 0 heterocycles. The Bertz CT molecular complexity index is 455. The van der Waals surface area contributed by atoms with E-state index in [1.54, 1.807) is 24.3 Å². The Morgan fingerprint density at radius 2 is 1.85 bits per heavy atom. The van der Waals surface area contributed by atoms with Gasteiger partial charge in [0.1, 0.15) is 11.4 Å². The zero-order chi connectivity index (χ0) is 15.4.